The van der Waals surface area contributed by atoms with Gasteiger partial charge in [0, 0.05) is 5.69 Å². The molecule has 100 valence electrons. The molecule has 0 aromatic heterocycles. The fraction of sp³-hybridized carbons (Fsp3) is 0.294. The van der Waals surface area contributed by atoms with Gasteiger partial charge in [-0.25, -0.2) is 0 Å². The van der Waals surface area contributed by atoms with Crippen molar-refractivity contribution in [1.82, 2.24) is 0 Å². The van der Waals surface area contributed by atoms with Crippen LogP contribution in [0.15, 0.2) is 60.7 Å². The number of nitrogens with one attached hydrogen (secondary N) is 1. The van der Waals surface area contributed by atoms with Crippen molar-refractivity contribution in [3.63, 3.8) is 0 Å². The molecule has 0 aliphatic heterocycles. The van der Waals surface area contributed by atoms with Crippen molar-refractivity contribution in [2.24, 2.45) is 5.92 Å². The zero-order chi connectivity index (χ0) is 13.7. The van der Waals surface area contributed by atoms with Crippen LogP contribution in [0.25, 0.3) is 0 Å². The van der Waals surface area contributed by atoms with E-state index in [9.17, 15) is 5.11 Å². The maximum absolute atomic E-state index is 10.4. The number of para-hydroxylation sites is 1. The molecule has 2 aromatic carbocycles. The highest BCUT2D eigenvalue weighted by Gasteiger charge is 2.23. The van der Waals surface area contributed by atoms with E-state index in [1.807, 2.05) is 74.5 Å². The van der Waals surface area contributed by atoms with Crippen LogP contribution < -0.4 is 5.32 Å². The SMILES string of the molecule is CC(C)[C@@H](O)[C@H](Nc1ccccc1)c1ccccc1. The minimum Gasteiger partial charge on any atom is -0.390 e. The first-order chi connectivity index (χ1) is 9.18. The van der Waals surface area contributed by atoms with Crippen molar-refractivity contribution >= 4 is 5.69 Å². The third kappa shape index (κ3) is 3.58. The largest absolute Gasteiger partial charge is 0.390 e. The Kier molecular flexibility index (Phi) is 4.58. The number of aliphatic hydroxyl groups is 1. The summed E-state index contributed by atoms with van der Waals surface area (Å²) >= 11 is 0. The maximum atomic E-state index is 10.4. The van der Waals surface area contributed by atoms with Gasteiger partial charge in [0.1, 0.15) is 0 Å². The minimum atomic E-state index is -0.428. The first-order valence-corrected chi connectivity index (χ1v) is 6.73. The molecule has 0 aliphatic rings. The van der Waals surface area contributed by atoms with E-state index in [2.05, 4.69) is 5.32 Å². The number of rotatable bonds is 5. The summed E-state index contributed by atoms with van der Waals surface area (Å²) in [6.07, 6.45) is -0.428. The third-order valence-electron chi connectivity index (χ3n) is 3.28. The van der Waals surface area contributed by atoms with Crippen LogP contribution in [0, 0.1) is 5.92 Å². The van der Waals surface area contributed by atoms with Gasteiger partial charge in [-0.3, -0.25) is 0 Å². The second kappa shape index (κ2) is 6.39. The van der Waals surface area contributed by atoms with Crippen molar-refractivity contribution in [1.29, 1.82) is 0 Å². The Morgan fingerprint density at radius 1 is 0.842 bits per heavy atom. The Hall–Kier alpha value is -1.80. The predicted octanol–water partition coefficient (Wildman–Crippen LogP) is 3.86. The van der Waals surface area contributed by atoms with E-state index < -0.39 is 6.10 Å². The van der Waals surface area contributed by atoms with Crippen molar-refractivity contribution in [3.8, 4) is 0 Å². The summed E-state index contributed by atoms with van der Waals surface area (Å²) in [6.45, 7) is 4.07. The van der Waals surface area contributed by atoms with Gasteiger partial charge < -0.3 is 10.4 Å². The highest BCUT2D eigenvalue weighted by Crippen LogP contribution is 2.26. The number of hydrogen-bond donors (Lipinski definition) is 2. The van der Waals surface area contributed by atoms with Crippen molar-refractivity contribution in [2.75, 3.05) is 5.32 Å². The van der Waals surface area contributed by atoms with Crippen LogP contribution in [-0.2, 0) is 0 Å². The van der Waals surface area contributed by atoms with Crippen LogP contribution in [0.3, 0.4) is 0 Å². The Bertz CT molecular complexity index is 481. The summed E-state index contributed by atoms with van der Waals surface area (Å²) in [6, 6.07) is 20.0. The van der Waals surface area contributed by atoms with E-state index in [-0.39, 0.29) is 12.0 Å². The molecule has 2 rings (SSSR count). The molecule has 0 heterocycles. The summed E-state index contributed by atoms with van der Waals surface area (Å²) in [5.41, 5.74) is 2.13. The molecule has 0 saturated heterocycles. The second-order valence-corrected chi connectivity index (χ2v) is 5.13. The van der Waals surface area contributed by atoms with E-state index >= 15 is 0 Å². The molecule has 0 fully saturated rings. The van der Waals surface area contributed by atoms with Gasteiger partial charge in [-0.2, -0.15) is 0 Å². The van der Waals surface area contributed by atoms with Gasteiger partial charge in [0.15, 0.2) is 0 Å². The number of benzene rings is 2. The Morgan fingerprint density at radius 3 is 1.89 bits per heavy atom. The molecule has 0 spiro atoms. The van der Waals surface area contributed by atoms with Crippen LogP contribution in [0.2, 0.25) is 0 Å². The lowest BCUT2D eigenvalue weighted by atomic mass is 9.93. The quantitative estimate of drug-likeness (QED) is 0.850. The first kappa shape index (κ1) is 13.6. The summed E-state index contributed by atoms with van der Waals surface area (Å²) in [5, 5.41) is 13.9. The molecule has 2 aromatic rings. The monoisotopic (exact) mass is 255 g/mol. The summed E-state index contributed by atoms with van der Waals surface area (Å²) in [7, 11) is 0. The van der Waals surface area contributed by atoms with E-state index in [0.717, 1.165) is 11.3 Å². The smallest absolute Gasteiger partial charge is 0.0806 e. The van der Waals surface area contributed by atoms with Crippen LogP contribution in [-0.4, -0.2) is 11.2 Å². The summed E-state index contributed by atoms with van der Waals surface area (Å²) in [4.78, 5) is 0. The normalized spacial score (nSPS) is 14.1. The molecule has 19 heavy (non-hydrogen) atoms. The lowest BCUT2D eigenvalue weighted by Gasteiger charge is -2.28. The van der Waals surface area contributed by atoms with E-state index in [0.29, 0.717) is 0 Å². The zero-order valence-corrected chi connectivity index (χ0v) is 11.5. The lowest BCUT2D eigenvalue weighted by molar-refractivity contribution is 0.105. The molecular formula is C17H21NO. The molecule has 0 unspecified atom stereocenters. The van der Waals surface area contributed by atoms with E-state index in [1.54, 1.807) is 0 Å². The van der Waals surface area contributed by atoms with Gasteiger partial charge in [-0.1, -0.05) is 62.4 Å². The zero-order valence-electron chi connectivity index (χ0n) is 11.5. The van der Waals surface area contributed by atoms with Gasteiger partial charge in [0.25, 0.3) is 0 Å². The number of hydrogen-bond acceptors (Lipinski definition) is 2. The molecule has 0 bridgehead atoms. The van der Waals surface area contributed by atoms with Crippen LogP contribution in [0.1, 0.15) is 25.5 Å². The molecule has 2 nitrogen and oxygen atoms in total. The molecule has 0 radical (unpaired) electrons. The second-order valence-electron chi connectivity index (χ2n) is 5.13. The van der Waals surface area contributed by atoms with Gasteiger partial charge in [0.05, 0.1) is 12.1 Å². The third-order valence-corrected chi connectivity index (χ3v) is 3.28. The topological polar surface area (TPSA) is 32.3 Å². The van der Waals surface area contributed by atoms with Crippen molar-refractivity contribution in [3.05, 3.63) is 66.2 Å². The highest BCUT2D eigenvalue weighted by atomic mass is 16.3. The molecule has 0 saturated carbocycles. The van der Waals surface area contributed by atoms with E-state index in [1.165, 1.54) is 0 Å². The Balaban J connectivity index is 2.25. The summed E-state index contributed by atoms with van der Waals surface area (Å²) < 4.78 is 0. The van der Waals surface area contributed by atoms with Crippen molar-refractivity contribution < 1.29 is 5.11 Å². The first-order valence-electron chi connectivity index (χ1n) is 6.73. The number of anilines is 1. The summed E-state index contributed by atoms with van der Waals surface area (Å²) in [5.74, 6) is 0.196. The standard InChI is InChI=1S/C17H21NO/c1-13(2)17(19)16(14-9-5-3-6-10-14)18-15-11-7-4-8-12-15/h3-13,16-19H,1-2H3/t16-,17-/m1/s1. The van der Waals surface area contributed by atoms with Gasteiger partial charge >= 0.3 is 0 Å². The fourth-order valence-corrected chi connectivity index (χ4v) is 2.13. The molecule has 0 aliphatic carbocycles. The predicted molar refractivity (Wildman–Crippen MR) is 80.1 cm³/mol. The maximum Gasteiger partial charge on any atom is 0.0806 e. The van der Waals surface area contributed by atoms with Gasteiger partial charge in [0.2, 0.25) is 0 Å². The van der Waals surface area contributed by atoms with Crippen molar-refractivity contribution in [2.45, 2.75) is 26.0 Å². The van der Waals surface area contributed by atoms with Crippen LogP contribution in [0.4, 0.5) is 5.69 Å². The Labute approximate surface area is 115 Å². The minimum absolute atomic E-state index is 0.0939. The van der Waals surface area contributed by atoms with Gasteiger partial charge in [-0.15, -0.1) is 0 Å². The number of aliphatic hydroxyl groups excluding tert-OH is 1. The highest BCUT2D eigenvalue weighted by molar-refractivity contribution is 5.45. The molecular weight excluding hydrogens is 234 g/mol. The molecule has 2 heteroatoms. The lowest BCUT2D eigenvalue weighted by Crippen LogP contribution is -2.29. The van der Waals surface area contributed by atoms with Crippen LogP contribution in [0.5, 0.6) is 0 Å². The van der Waals surface area contributed by atoms with Crippen LogP contribution >= 0.6 is 0 Å². The Morgan fingerprint density at radius 2 is 1.37 bits per heavy atom. The molecule has 2 atom stereocenters. The van der Waals surface area contributed by atoms with E-state index in [4.69, 9.17) is 0 Å². The fourth-order valence-electron chi connectivity index (χ4n) is 2.13. The molecule has 2 N–H and O–H groups in total. The van der Waals surface area contributed by atoms with Gasteiger partial charge in [-0.05, 0) is 23.6 Å². The average molecular weight is 255 g/mol. The average Bonchev–Trinajstić information content (AvgIpc) is 2.46. The molecule has 0 amide bonds.